The highest BCUT2D eigenvalue weighted by molar-refractivity contribution is 5.69. The minimum absolute atomic E-state index is 0.118. The fourth-order valence-electron chi connectivity index (χ4n) is 2.41. The number of aryl methyl sites for hydroxylation is 1. The molecule has 3 heteroatoms. The number of rotatable bonds is 12. The van der Waals surface area contributed by atoms with Crippen molar-refractivity contribution in [2.24, 2.45) is 0 Å². The molecule has 0 saturated heterocycles. The van der Waals surface area contributed by atoms with Gasteiger partial charge in [0.1, 0.15) is 0 Å². The Morgan fingerprint density at radius 1 is 1.00 bits per heavy atom. The largest absolute Gasteiger partial charge is 0.466 e. The summed E-state index contributed by atoms with van der Waals surface area (Å²) in [5.41, 5.74) is 2.34. The van der Waals surface area contributed by atoms with Crippen LogP contribution in [0.5, 0.6) is 0 Å². The van der Waals surface area contributed by atoms with Crippen LogP contribution in [0.1, 0.15) is 64.4 Å². The Morgan fingerprint density at radius 3 is 2.36 bits per heavy atom. The molecule has 1 aromatic carbocycles. The summed E-state index contributed by atoms with van der Waals surface area (Å²) in [4.78, 5) is 11.3. The molecule has 0 aliphatic rings. The van der Waals surface area contributed by atoms with Crippen LogP contribution in [0.15, 0.2) is 24.3 Å². The molecule has 1 rings (SSSR count). The third-order valence-corrected chi connectivity index (χ3v) is 3.74. The molecule has 3 nitrogen and oxygen atoms in total. The molecule has 124 valence electrons. The highest BCUT2D eigenvalue weighted by atomic mass is 16.5. The molecular weight excluding hydrogens is 274 g/mol. The number of unbranched alkanes of at least 4 members (excludes halogenated alkanes) is 5. The Kier molecular flexibility index (Phi) is 10.2. The number of anilines is 1. The van der Waals surface area contributed by atoms with E-state index in [1.165, 1.54) is 44.1 Å². The Bertz CT molecular complexity index is 400. The van der Waals surface area contributed by atoms with Gasteiger partial charge in [0.2, 0.25) is 0 Å². The highest BCUT2D eigenvalue weighted by Gasteiger charge is 2.02. The fraction of sp³-hybridized carbons (Fsp3) is 0.632. The van der Waals surface area contributed by atoms with E-state index in [4.69, 9.17) is 4.74 Å². The number of hydrogen-bond donors (Lipinski definition) is 1. The molecule has 0 aromatic heterocycles. The van der Waals surface area contributed by atoms with Gasteiger partial charge in [-0.1, -0.05) is 51.2 Å². The molecule has 0 amide bonds. The second kappa shape index (κ2) is 12.1. The molecule has 0 spiro atoms. The van der Waals surface area contributed by atoms with Gasteiger partial charge in [-0.25, -0.2) is 0 Å². The van der Waals surface area contributed by atoms with E-state index in [0.29, 0.717) is 13.0 Å². The number of carbonyl (C=O) groups excluding carboxylic acids is 1. The predicted molar refractivity (Wildman–Crippen MR) is 93.3 cm³/mol. The van der Waals surface area contributed by atoms with Crippen molar-refractivity contribution in [1.29, 1.82) is 0 Å². The molecule has 0 atom stereocenters. The zero-order valence-corrected chi connectivity index (χ0v) is 14.2. The minimum Gasteiger partial charge on any atom is -0.466 e. The lowest BCUT2D eigenvalue weighted by atomic mass is 10.1. The molecule has 0 saturated carbocycles. The summed E-state index contributed by atoms with van der Waals surface area (Å²) in [6.45, 7) is 5.58. The van der Waals surface area contributed by atoms with E-state index in [-0.39, 0.29) is 5.97 Å². The van der Waals surface area contributed by atoms with Gasteiger partial charge in [-0.3, -0.25) is 4.79 Å². The molecular formula is C19H31NO2. The zero-order valence-electron chi connectivity index (χ0n) is 14.2. The van der Waals surface area contributed by atoms with Crippen LogP contribution in [0.25, 0.3) is 0 Å². The monoisotopic (exact) mass is 305 g/mol. The first-order valence-corrected chi connectivity index (χ1v) is 8.74. The second-order valence-corrected chi connectivity index (χ2v) is 5.70. The van der Waals surface area contributed by atoms with E-state index >= 15 is 0 Å². The van der Waals surface area contributed by atoms with Crippen molar-refractivity contribution in [3.05, 3.63) is 29.8 Å². The fourth-order valence-corrected chi connectivity index (χ4v) is 2.41. The smallest absolute Gasteiger partial charge is 0.306 e. The molecule has 0 heterocycles. The summed E-state index contributed by atoms with van der Waals surface area (Å²) in [5, 5.41) is 3.46. The van der Waals surface area contributed by atoms with Crippen molar-refractivity contribution in [3.8, 4) is 0 Å². The van der Waals surface area contributed by atoms with Crippen LogP contribution in [-0.2, 0) is 16.0 Å². The third kappa shape index (κ3) is 8.71. The topological polar surface area (TPSA) is 38.3 Å². The molecule has 22 heavy (non-hydrogen) atoms. The summed E-state index contributed by atoms with van der Waals surface area (Å²) in [6, 6.07) is 8.36. The van der Waals surface area contributed by atoms with Gasteiger partial charge in [-0.2, -0.15) is 0 Å². The predicted octanol–water partition coefficient (Wildman–Crippen LogP) is 4.95. The Hall–Kier alpha value is -1.51. The number of benzene rings is 1. The molecule has 0 radical (unpaired) electrons. The average molecular weight is 305 g/mol. The van der Waals surface area contributed by atoms with Crippen LogP contribution in [0.4, 0.5) is 5.69 Å². The SMILES string of the molecule is CCCCCCCCNc1ccc(CCC(=O)OCC)cc1. The van der Waals surface area contributed by atoms with Crippen molar-refractivity contribution in [2.75, 3.05) is 18.5 Å². The number of nitrogens with one attached hydrogen (secondary N) is 1. The summed E-state index contributed by atoms with van der Waals surface area (Å²) in [7, 11) is 0. The summed E-state index contributed by atoms with van der Waals surface area (Å²) in [6.07, 6.45) is 9.13. The maximum Gasteiger partial charge on any atom is 0.306 e. The maximum absolute atomic E-state index is 11.3. The van der Waals surface area contributed by atoms with E-state index in [9.17, 15) is 4.79 Å². The van der Waals surface area contributed by atoms with Crippen molar-refractivity contribution >= 4 is 11.7 Å². The van der Waals surface area contributed by atoms with Crippen LogP contribution in [0, 0.1) is 0 Å². The van der Waals surface area contributed by atoms with Gasteiger partial charge in [0, 0.05) is 18.7 Å². The van der Waals surface area contributed by atoms with E-state index in [2.05, 4.69) is 36.5 Å². The van der Waals surface area contributed by atoms with Gasteiger partial charge in [0.15, 0.2) is 0 Å². The molecule has 0 unspecified atom stereocenters. The van der Waals surface area contributed by atoms with Crippen molar-refractivity contribution in [1.82, 2.24) is 0 Å². The number of ether oxygens (including phenoxy) is 1. The van der Waals surface area contributed by atoms with Crippen molar-refractivity contribution in [3.63, 3.8) is 0 Å². The average Bonchev–Trinajstić information content (AvgIpc) is 2.53. The quantitative estimate of drug-likeness (QED) is 0.438. The summed E-state index contributed by atoms with van der Waals surface area (Å²) < 4.78 is 4.94. The maximum atomic E-state index is 11.3. The first-order chi connectivity index (χ1) is 10.8. The lowest BCUT2D eigenvalue weighted by molar-refractivity contribution is -0.143. The first kappa shape index (κ1) is 18.5. The summed E-state index contributed by atoms with van der Waals surface area (Å²) >= 11 is 0. The normalized spacial score (nSPS) is 10.5. The third-order valence-electron chi connectivity index (χ3n) is 3.74. The molecule has 1 N–H and O–H groups in total. The van der Waals surface area contributed by atoms with Crippen LogP contribution in [-0.4, -0.2) is 19.1 Å². The number of hydrogen-bond acceptors (Lipinski definition) is 3. The van der Waals surface area contributed by atoms with E-state index in [1.54, 1.807) is 0 Å². The van der Waals surface area contributed by atoms with Gasteiger partial charge < -0.3 is 10.1 Å². The Balaban J connectivity index is 2.15. The van der Waals surface area contributed by atoms with Crippen molar-refractivity contribution < 1.29 is 9.53 Å². The van der Waals surface area contributed by atoms with Gasteiger partial charge in [0.25, 0.3) is 0 Å². The first-order valence-electron chi connectivity index (χ1n) is 8.74. The lowest BCUT2D eigenvalue weighted by Gasteiger charge is -2.08. The minimum atomic E-state index is -0.118. The van der Waals surface area contributed by atoms with E-state index in [0.717, 1.165) is 18.7 Å². The second-order valence-electron chi connectivity index (χ2n) is 5.70. The van der Waals surface area contributed by atoms with Gasteiger partial charge in [-0.15, -0.1) is 0 Å². The zero-order chi connectivity index (χ0) is 16.0. The van der Waals surface area contributed by atoms with Crippen LogP contribution in [0.3, 0.4) is 0 Å². The van der Waals surface area contributed by atoms with Gasteiger partial charge in [0.05, 0.1) is 6.61 Å². The van der Waals surface area contributed by atoms with E-state index < -0.39 is 0 Å². The highest BCUT2D eigenvalue weighted by Crippen LogP contribution is 2.12. The molecule has 1 aromatic rings. The molecule has 0 fully saturated rings. The molecule has 0 bridgehead atoms. The standard InChI is InChI=1S/C19H31NO2/c1-3-5-6-7-8-9-16-20-18-13-10-17(11-14-18)12-15-19(21)22-4-2/h10-11,13-14,20H,3-9,12,15-16H2,1-2H3. The van der Waals surface area contributed by atoms with Crippen LogP contribution >= 0.6 is 0 Å². The van der Waals surface area contributed by atoms with Crippen molar-refractivity contribution in [2.45, 2.75) is 65.2 Å². The lowest BCUT2D eigenvalue weighted by Crippen LogP contribution is -2.05. The van der Waals surface area contributed by atoms with Gasteiger partial charge >= 0.3 is 5.97 Å². The number of carbonyl (C=O) groups is 1. The number of esters is 1. The van der Waals surface area contributed by atoms with Gasteiger partial charge in [-0.05, 0) is 37.5 Å². The van der Waals surface area contributed by atoms with Crippen LogP contribution < -0.4 is 5.32 Å². The van der Waals surface area contributed by atoms with Crippen LogP contribution in [0.2, 0.25) is 0 Å². The Morgan fingerprint density at radius 2 is 1.68 bits per heavy atom. The Labute approximate surface area is 135 Å². The molecule has 0 aliphatic carbocycles. The molecule has 0 aliphatic heterocycles. The summed E-state index contributed by atoms with van der Waals surface area (Å²) in [5.74, 6) is -0.118. The van der Waals surface area contributed by atoms with E-state index in [1.807, 2.05) is 6.92 Å².